The van der Waals surface area contributed by atoms with E-state index in [0.717, 1.165) is 28.6 Å². The molecule has 0 fully saturated rings. The number of nitrogens with two attached hydrogens (primary N) is 1. The second-order valence-corrected chi connectivity index (χ2v) is 7.13. The number of fused-ring (bicyclic) bond motifs is 3. The van der Waals surface area contributed by atoms with Gasteiger partial charge in [0.2, 0.25) is 0 Å². The molecule has 0 saturated heterocycles. The highest BCUT2D eigenvalue weighted by Gasteiger charge is 2.15. The van der Waals surface area contributed by atoms with Crippen molar-refractivity contribution in [2.24, 2.45) is 0 Å². The van der Waals surface area contributed by atoms with Gasteiger partial charge in [0.05, 0.1) is 17.8 Å². The lowest BCUT2D eigenvalue weighted by Crippen LogP contribution is -1.97. The molecule has 0 unspecified atom stereocenters. The molecule has 0 amide bonds. The summed E-state index contributed by atoms with van der Waals surface area (Å²) in [6.07, 6.45) is 3.21. The maximum absolute atomic E-state index is 6.17. The number of H-pyrrole nitrogens is 1. The summed E-state index contributed by atoms with van der Waals surface area (Å²) in [7, 11) is 0. The molecule has 0 aliphatic carbocycles. The van der Waals surface area contributed by atoms with Crippen LogP contribution in [0.25, 0.3) is 33.3 Å². The van der Waals surface area contributed by atoms with Crippen molar-refractivity contribution in [1.82, 2.24) is 20.2 Å². The number of aryl methyl sites for hydroxylation is 1. The van der Waals surface area contributed by atoms with Crippen LogP contribution in [0.3, 0.4) is 0 Å². The van der Waals surface area contributed by atoms with Crippen molar-refractivity contribution >= 4 is 27.8 Å². The quantitative estimate of drug-likeness (QED) is 0.391. The molecule has 0 spiro atoms. The summed E-state index contributed by atoms with van der Waals surface area (Å²) in [6, 6.07) is 18.0. The number of pyridine rings is 1. The lowest BCUT2D eigenvalue weighted by molar-refractivity contribution is 0.117. The van der Waals surface area contributed by atoms with Gasteiger partial charge in [-0.3, -0.25) is 5.10 Å². The van der Waals surface area contributed by atoms with E-state index in [2.05, 4.69) is 32.3 Å². The highest BCUT2D eigenvalue weighted by Crippen LogP contribution is 2.31. The van der Waals surface area contributed by atoms with Gasteiger partial charge in [0.1, 0.15) is 0 Å². The standard InChI is InChI=1S/C23H21N5O2/c24-23-21-22(17-9-8-16(13-19(17)26-23)18-10-11-25-28-18)30-20(27-21)7-4-12-29-14-15-5-2-1-3-6-15/h1-3,5-6,8-11,13H,4,7,12,14H2,(H2,24,26)(H,25,28). The van der Waals surface area contributed by atoms with E-state index in [9.17, 15) is 0 Å². The van der Waals surface area contributed by atoms with Crippen molar-refractivity contribution in [3.8, 4) is 11.3 Å². The predicted molar refractivity (Wildman–Crippen MR) is 116 cm³/mol. The first kappa shape index (κ1) is 18.3. The van der Waals surface area contributed by atoms with Crippen molar-refractivity contribution in [3.63, 3.8) is 0 Å². The number of nitrogens with one attached hydrogen (secondary N) is 1. The van der Waals surface area contributed by atoms with Crippen LogP contribution >= 0.6 is 0 Å². The van der Waals surface area contributed by atoms with Gasteiger partial charge < -0.3 is 14.9 Å². The fraction of sp³-hybridized carbons (Fsp3) is 0.174. The molecular formula is C23H21N5O2. The van der Waals surface area contributed by atoms with Gasteiger partial charge in [-0.15, -0.1) is 0 Å². The van der Waals surface area contributed by atoms with Crippen LogP contribution in [0.4, 0.5) is 5.82 Å². The number of rotatable bonds is 7. The third-order valence-electron chi connectivity index (χ3n) is 5.00. The fourth-order valence-electron chi connectivity index (χ4n) is 3.50. The average Bonchev–Trinajstić information content (AvgIpc) is 3.45. The van der Waals surface area contributed by atoms with Crippen LogP contribution in [-0.4, -0.2) is 26.8 Å². The Morgan fingerprint density at radius 3 is 2.77 bits per heavy atom. The van der Waals surface area contributed by atoms with E-state index in [1.54, 1.807) is 6.20 Å². The molecule has 7 heteroatoms. The molecule has 3 aromatic heterocycles. The number of ether oxygens (including phenoxy) is 1. The molecule has 0 radical (unpaired) electrons. The number of oxazole rings is 1. The number of aromatic nitrogens is 4. The van der Waals surface area contributed by atoms with Gasteiger partial charge in [0.25, 0.3) is 0 Å². The van der Waals surface area contributed by atoms with Crippen molar-refractivity contribution < 1.29 is 9.15 Å². The van der Waals surface area contributed by atoms with Crippen molar-refractivity contribution in [2.75, 3.05) is 12.3 Å². The number of nitrogens with zero attached hydrogens (tertiary/aromatic N) is 3. The van der Waals surface area contributed by atoms with Gasteiger partial charge in [-0.1, -0.05) is 36.4 Å². The molecular weight excluding hydrogens is 378 g/mol. The van der Waals surface area contributed by atoms with Gasteiger partial charge in [-0.25, -0.2) is 9.97 Å². The van der Waals surface area contributed by atoms with Crippen LogP contribution in [0.5, 0.6) is 0 Å². The first-order valence-corrected chi connectivity index (χ1v) is 9.88. The molecule has 150 valence electrons. The maximum atomic E-state index is 6.17. The zero-order chi connectivity index (χ0) is 20.3. The number of hydrogen-bond acceptors (Lipinski definition) is 6. The van der Waals surface area contributed by atoms with Crippen molar-refractivity contribution in [3.05, 3.63) is 72.2 Å². The molecule has 0 atom stereocenters. The lowest BCUT2D eigenvalue weighted by atomic mass is 10.1. The summed E-state index contributed by atoms with van der Waals surface area (Å²) in [5.74, 6) is 1.02. The van der Waals surface area contributed by atoms with Crippen LogP contribution in [-0.2, 0) is 17.8 Å². The Hall–Kier alpha value is -3.71. The van der Waals surface area contributed by atoms with E-state index in [-0.39, 0.29) is 0 Å². The number of benzene rings is 2. The summed E-state index contributed by atoms with van der Waals surface area (Å²) < 4.78 is 11.8. The number of nitrogen functional groups attached to an aromatic ring is 1. The summed E-state index contributed by atoms with van der Waals surface area (Å²) in [6.45, 7) is 1.24. The Kier molecular flexibility index (Phi) is 4.86. The number of hydrogen-bond donors (Lipinski definition) is 2. The summed E-state index contributed by atoms with van der Waals surface area (Å²) in [5.41, 5.74) is 11.3. The Labute approximate surface area is 172 Å². The minimum Gasteiger partial charge on any atom is -0.440 e. The monoisotopic (exact) mass is 399 g/mol. The molecule has 0 bridgehead atoms. The Morgan fingerprint density at radius 2 is 1.93 bits per heavy atom. The minimum atomic E-state index is 0.370. The van der Waals surface area contributed by atoms with Crippen LogP contribution < -0.4 is 5.73 Å². The van der Waals surface area contributed by atoms with Crippen LogP contribution in [0, 0.1) is 0 Å². The van der Waals surface area contributed by atoms with E-state index < -0.39 is 0 Å². The molecule has 2 aromatic carbocycles. The third kappa shape index (κ3) is 3.62. The van der Waals surface area contributed by atoms with E-state index in [4.69, 9.17) is 14.9 Å². The highest BCUT2D eigenvalue weighted by atomic mass is 16.5. The van der Waals surface area contributed by atoms with Gasteiger partial charge in [0, 0.05) is 30.2 Å². The van der Waals surface area contributed by atoms with E-state index in [1.165, 1.54) is 5.56 Å². The summed E-state index contributed by atoms with van der Waals surface area (Å²) in [5, 5.41) is 7.85. The SMILES string of the molecule is Nc1nc2cc(-c3ccn[nH]3)ccc2c2oc(CCCOCc3ccccc3)nc12. The van der Waals surface area contributed by atoms with E-state index in [0.29, 0.717) is 42.4 Å². The van der Waals surface area contributed by atoms with Crippen molar-refractivity contribution in [1.29, 1.82) is 0 Å². The zero-order valence-electron chi connectivity index (χ0n) is 16.3. The number of aromatic amines is 1. The molecule has 30 heavy (non-hydrogen) atoms. The van der Waals surface area contributed by atoms with E-state index >= 15 is 0 Å². The Morgan fingerprint density at radius 1 is 1.03 bits per heavy atom. The second kappa shape index (κ2) is 7.96. The smallest absolute Gasteiger partial charge is 0.195 e. The van der Waals surface area contributed by atoms with Crippen LogP contribution in [0.1, 0.15) is 17.9 Å². The first-order valence-electron chi connectivity index (χ1n) is 9.88. The summed E-state index contributed by atoms with van der Waals surface area (Å²) in [4.78, 5) is 9.09. The van der Waals surface area contributed by atoms with Gasteiger partial charge in [-0.05, 0) is 30.2 Å². The minimum absolute atomic E-state index is 0.370. The van der Waals surface area contributed by atoms with Gasteiger partial charge in [0.15, 0.2) is 22.8 Å². The normalized spacial score (nSPS) is 11.5. The van der Waals surface area contributed by atoms with Crippen molar-refractivity contribution in [2.45, 2.75) is 19.4 Å². The van der Waals surface area contributed by atoms with Gasteiger partial charge in [-0.2, -0.15) is 5.10 Å². The molecule has 7 nitrogen and oxygen atoms in total. The molecule has 0 saturated carbocycles. The largest absolute Gasteiger partial charge is 0.440 e. The number of anilines is 1. The van der Waals surface area contributed by atoms with Gasteiger partial charge >= 0.3 is 0 Å². The topological polar surface area (TPSA) is 103 Å². The molecule has 0 aliphatic heterocycles. The molecule has 5 aromatic rings. The predicted octanol–water partition coefficient (Wildman–Crippen LogP) is 4.50. The molecule has 5 rings (SSSR count). The first-order chi connectivity index (χ1) is 14.8. The molecule has 3 heterocycles. The van der Waals surface area contributed by atoms with Crippen LogP contribution in [0.2, 0.25) is 0 Å². The van der Waals surface area contributed by atoms with E-state index in [1.807, 2.05) is 42.5 Å². The second-order valence-electron chi connectivity index (χ2n) is 7.13. The van der Waals surface area contributed by atoms with Crippen LogP contribution in [0.15, 0.2) is 65.2 Å². The fourth-order valence-corrected chi connectivity index (χ4v) is 3.50. The Bertz CT molecular complexity index is 1280. The molecule has 0 aliphatic rings. The Balaban J connectivity index is 1.32. The lowest BCUT2D eigenvalue weighted by Gasteiger charge is -2.03. The summed E-state index contributed by atoms with van der Waals surface area (Å²) >= 11 is 0. The maximum Gasteiger partial charge on any atom is 0.195 e. The zero-order valence-corrected chi connectivity index (χ0v) is 16.3. The molecule has 3 N–H and O–H groups in total. The average molecular weight is 399 g/mol. The highest BCUT2D eigenvalue weighted by molar-refractivity contribution is 6.05. The third-order valence-corrected chi connectivity index (χ3v) is 5.00.